The molecule has 2 N–H and O–H groups in total. The van der Waals surface area contributed by atoms with Crippen molar-refractivity contribution < 1.29 is 19.2 Å². The van der Waals surface area contributed by atoms with Crippen molar-refractivity contribution in [3.63, 3.8) is 0 Å². The molecule has 2 unspecified atom stereocenters. The molecule has 194 valence electrons. The maximum atomic E-state index is 13.9. The molecule has 1 saturated carbocycles. The molecule has 4 amide bonds. The smallest absolute Gasteiger partial charge is 0.262 e. The van der Waals surface area contributed by atoms with Gasteiger partial charge in [-0.3, -0.25) is 24.1 Å². The van der Waals surface area contributed by atoms with Gasteiger partial charge in [-0.05, 0) is 54.8 Å². The molecule has 0 aromatic heterocycles. The number of amides is 4. The monoisotopic (exact) mass is 574 g/mol. The Kier molecular flexibility index (Phi) is 6.79. The van der Waals surface area contributed by atoms with Gasteiger partial charge in [-0.15, -0.1) is 17.0 Å². The number of carbonyl (C=O) groups is 4. The minimum atomic E-state index is -0.471. The third kappa shape index (κ3) is 4.16. The van der Waals surface area contributed by atoms with Crippen LogP contribution in [0.5, 0.6) is 0 Å². The minimum absolute atomic E-state index is 0. The number of rotatable bonds is 4. The maximum absolute atomic E-state index is 13.9. The first kappa shape index (κ1) is 25.7. The Morgan fingerprint density at radius 2 is 1.39 bits per heavy atom. The molecule has 3 aromatic carbocycles. The second kappa shape index (κ2) is 10.1. The van der Waals surface area contributed by atoms with E-state index in [2.05, 4.69) is 0 Å². The van der Waals surface area contributed by atoms with Crippen LogP contribution in [-0.4, -0.2) is 41.1 Å². The number of nitrogens with two attached hydrogens (primary N) is 1. The number of anilines is 3. The molecular formula is C29H27BrN4O4. The predicted octanol–water partition coefficient (Wildman–Crippen LogP) is 4.19. The van der Waals surface area contributed by atoms with E-state index in [0.717, 1.165) is 16.9 Å². The summed E-state index contributed by atoms with van der Waals surface area (Å²) in [6.45, 7) is -0.0319. The quantitative estimate of drug-likeness (QED) is 0.371. The SMILES string of the molecule is Br.Nc1ccc(CN2C(=O)C3CCCC3N(C(=O)CN3C(=O)c4ccccc4C3=O)c3ccccc32)cc1. The van der Waals surface area contributed by atoms with Gasteiger partial charge < -0.3 is 15.5 Å². The van der Waals surface area contributed by atoms with Gasteiger partial charge in [0, 0.05) is 11.7 Å². The molecule has 8 nitrogen and oxygen atoms in total. The third-order valence-electron chi connectivity index (χ3n) is 7.59. The van der Waals surface area contributed by atoms with Gasteiger partial charge >= 0.3 is 0 Å². The first-order valence-corrected chi connectivity index (χ1v) is 12.5. The summed E-state index contributed by atoms with van der Waals surface area (Å²) in [6.07, 6.45) is 2.16. The van der Waals surface area contributed by atoms with E-state index in [1.165, 1.54) is 0 Å². The molecule has 2 heterocycles. The van der Waals surface area contributed by atoms with Crippen LogP contribution in [0.4, 0.5) is 17.1 Å². The van der Waals surface area contributed by atoms with E-state index < -0.39 is 11.8 Å². The number of hydrogen-bond donors (Lipinski definition) is 1. The van der Waals surface area contributed by atoms with Crippen LogP contribution in [0.2, 0.25) is 0 Å². The molecular weight excluding hydrogens is 548 g/mol. The van der Waals surface area contributed by atoms with Crippen LogP contribution in [-0.2, 0) is 16.1 Å². The molecule has 38 heavy (non-hydrogen) atoms. The van der Waals surface area contributed by atoms with Gasteiger partial charge in [0.15, 0.2) is 0 Å². The molecule has 0 saturated heterocycles. The molecule has 0 spiro atoms. The molecule has 2 atom stereocenters. The van der Waals surface area contributed by atoms with E-state index in [9.17, 15) is 19.2 Å². The van der Waals surface area contributed by atoms with Crippen molar-refractivity contribution in [2.75, 3.05) is 22.1 Å². The highest BCUT2D eigenvalue weighted by Crippen LogP contribution is 2.43. The summed E-state index contributed by atoms with van der Waals surface area (Å²) in [5.41, 5.74) is 9.28. The normalized spacial score (nSPS) is 20.0. The van der Waals surface area contributed by atoms with Gasteiger partial charge in [0.05, 0.1) is 35.0 Å². The summed E-state index contributed by atoms with van der Waals surface area (Å²) in [5, 5.41) is 0. The molecule has 1 fully saturated rings. The van der Waals surface area contributed by atoms with Crippen LogP contribution < -0.4 is 15.5 Å². The Hall–Kier alpha value is -3.98. The van der Waals surface area contributed by atoms with Gasteiger partial charge in [-0.2, -0.15) is 0 Å². The fourth-order valence-corrected chi connectivity index (χ4v) is 5.81. The van der Waals surface area contributed by atoms with Crippen LogP contribution in [0.1, 0.15) is 45.5 Å². The van der Waals surface area contributed by atoms with Crippen molar-refractivity contribution in [3.8, 4) is 0 Å². The Morgan fingerprint density at radius 1 is 0.789 bits per heavy atom. The van der Waals surface area contributed by atoms with Crippen molar-refractivity contribution in [3.05, 3.63) is 89.5 Å². The molecule has 0 bridgehead atoms. The molecule has 6 rings (SSSR count). The highest BCUT2D eigenvalue weighted by Gasteiger charge is 2.46. The molecule has 2 aliphatic heterocycles. The lowest BCUT2D eigenvalue weighted by Crippen LogP contribution is -2.49. The number of para-hydroxylation sites is 2. The summed E-state index contributed by atoms with van der Waals surface area (Å²) < 4.78 is 0. The predicted molar refractivity (Wildman–Crippen MR) is 149 cm³/mol. The van der Waals surface area contributed by atoms with Crippen molar-refractivity contribution in [2.24, 2.45) is 5.92 Å². The number of fused-ring (bicyclic) bond motifs is 3. The molecule has 3 aromatic rings. The number of imide groups is 1. The van der Waals surface area contributed by atoms with E-state index in [4.69, 9.17) is 5.73 Å². The number of carbonyl (C=O) groups excluding carboxylic acids is 4. The van der Waals surface area contributed by atoms with E-state index >= 15 is 0 Å². The Bertz CT molecular complexity index is 1410. The average molecular weight is 575 g/mol. The number of nitrogens with zero attached hydrogens (tertiary/aromatic N) is 3. The largest absolute Gasteiger partial charge is 0.399 e. The van der Waals surface area contributed by atoms with Crippen LogP contribution in [0, 0.1) is 5.92 Å². The van der Waals surface area contributed by atoms with Gasteiger partial charge in [-0.25, -0.2) is 0 Å². The topological polar surface area (TPSA) is 104 Å². The molecule has 1 aliphatic carbocycles. The van der Waals surface area contributed by atoms with Gasteiger partial charge in [-0.1, -0.05) is 42.8 Å². The van der Waals surface area contributed by atoms with Crippen LogP contribution in [0.15, 0.2) is 72.8 Å². The number of nitrogen functional groups attached to an aromatic ring is 1. The summed E-state index contributed by atoms with van der Waals surface area (Å²) in [6, 6.07) is 21.0. The second-order valence-corrected chi connectivity index (χ2v) is 9.77. The second-order valence-electron chi connectivity index (χ2n) is 9.77. The maximum Gasteiger partial charge on any atom is 0.262 e. The van der Waals surface area contributed by atoms with Crippen LogP contribution >= 0.6 is 17.0 Å². The van der Waals surface area contributed by atoms with Gasteiger partial charge in [0.25, 0.3) is 11.8 Å². The fraction of sp³-hybridized carbons (Fsp3) is 0.241. The van der Waals surface area contributed by atoms with E-state index in [0.29, 0.717) is 47.6 Å². The Morgan fingerprint density at radius 3 is 2.05 bits per heavy atom. The average Bonchev–Trinajstić information content (AvgIpc) is 3.46. The summed E-state index contributed by atoms with van der Waals surface area (Å²) in [5.74, 6) is -1.71. The Balaban J connectivity index is 0.00000294. The standard InChI is InChI=1S/C29H26N4O4.BrH/c30-19-14-12-18(13-15-19)16-31-24-9-3-4-10-25(24)33(23-11-5-8-22(23)29(31)37)26(34)17-32-27(35)20-6-1-2-7-21(20)28(32)36;/h1-4,6-7,9-10,12-15,22-23H,5,8,11,16-17,30H2;1H. The highest BCUT2D eigenvalue weighted by atomic mass is 79.9. The van der Waals surface area contributed by atoms with E-state index in [1.54, 1.807) is 46.2 Å². The summed E-state index contributed by atoms with van der Waals surface area (Å²) in [4.78, 5) is 58.1. The molecule has 3 aliphatic rings. The van der Waals surface area contributed by atoms with E-state index in [1.807, 2.05) is 36.4 Å². The lowest BCUT2D eigenvalue weighted by molar-refractivity contribution is -0.123. The summed E-state index contributed by atoms with van der Waals surface area (Å²) in [7, 11) is 0. The molecule has 9 heteroatoms. The van der Waals surface area contributed by atoms with Gasteiger partial charge in [0.2, 0.25) is 11.8 Å². The van der Waals surface area contributed by atoms with Gasteiger partial charge in [0.1, 0.15) is 6.54 Å². The molecule has 0 radical (unpaired) electrons. The zero-order valence-electron chi connectivity index (χ0n) is 20.6. The number of benzene rings is 3. The first-order chi connectivity index (χ1) is 17.9. The van der Waals surface area contributed by atoms with Crippen molar-refractivity contribution in [2.45, 2.75) is 31.8 Å². The number of hydrogen-bond acceptors (Lipinski definition) is 5. The minimum Gasteiger partial charge on any atom is -0.399 e. The van der Waals surface area contributed by atoms with Crippen LogP contribution in [0.3, 0.4) is 0 Å². The lowest BCUT2D eigenvalue weighted by atomic mass is 10.0. The number of halogens is 1. The lowest BCUT2D eigenvalue weighted by Gasteiger charge is -2.31. The van der Waals surface area contributed by atoms with Crippen LogP contribution in [0.25, 0.3) is 0 Å². The zero-order chi connectivity index (χ0) is 25.7. The van der Waals surface area contributed by atoms with Crippen molar-refractivity contribution >= 4 is 57.7 Å². The highest BCUT2D eigenvalue weighted by molar-refractivity contribution is 8.93. The van der Waals surface area contributed by atoms with E-state index in [-0.39, 0.29) is 47.3 Å². The van der Waals surface area contributed by atoms with Crippen molar-refractivity contribution in [1.82, 2.24) is 4.90 Å². The summed E-state index contributed by atoms with van der Waals surface area (Å²) >= 11 is 0. The van der Waals surface area contributed by atoms with Crippen molar-refractivity contribution in [1.29, 1.82) is 0 Å². The Labute approximate surface area is 230 Å². The first-order valence-electron chi connectivity index (χ1n) is 12.5. The third-order valence-corrected chi connectivity index (χ3v) is 7.59. The zero-order valence-corrected chi connectivity index (χ0v) is 22.3. The fourth-order valence-electron chi connectivity index (χ4n) is 5.81.